The van der Waals surface area contributed by atoms with Gasteiger partial charge in [0.2, 0.25) is 11.8 Å². The summed E-state index contributed by atoms with van der Waals surface area (Å²) in [5, 5.41) is 10.9. The Hall–Kier alpha value is -2.12. The Labute approximate surface area is 113 Å². The SMILES string of the molecule is NC(=O)c1cc(NC(=O)COCC(=O)O)ccc1Cl. The summed E-state index contributed by atoms with van der Waals surface area (Å²) in [4.78, 5) is 32.6. The number of carbonyl (C=O) groups is 3. The minimum absolute atomic E-state index is 0.0749. The van der Waals surface area contributed by atoms with Gasteiger partial charge in [0.05, 0.1) is 10.6 Å². The van der Waals surface area contributed by atoms with Crippen LogP contribution in [0.2, 0.25) is 5.02 Å². The van der Waals surface area contributed by atoms with Crippen LogP contribution in [0.5, 0.6) is 0 Å². The molecule has 1 aromatic rings. The fraction of sp³-hybridized carbons (Fsp3) is 0.182. The average Bonchev–Trinajstić information content (AvgIpc) is 2.30. The number of rotatable bonds is 6. The van der Waals surface area contributed by atoms with Crippen LogP contribution in [0.1, 0.15) is 10.4 Å². The lowest BCUT2D eigenvalue weighted by Crippen LogP contribution is -2.21. The third-order valence-electron chi connectivity index (χ3n) is 1.97. The highest BCUT2D eigenvalue weighted by Gasteiger charge is 2.09. The number of anilines is 1. The minimum atomic E-state index is -1.17. The number of nitrogens with one attached hydrogen (secondary N) is 1. The van der Waals surface area contributed by atoms with Crippen molar-refractivity contribution in [3.63, 3.8) is 0 Å². The van der Waals surface area contributed by atoms with E-state index in [9.17, 15) is 14.4 Å². The second-order valence-electron chi connectivity index (χ2n) is 3.49. The van der Waals surface area contributed by atoms with Crippen molar-refractivity contribution in [1.29, 1.82) is 0 Å². The molecule has 1 rings (SSSR count). The van der Waals surface area contributed by atoms with Crippen LogP contribution in [0.15, 0.2) is 18.2 Å². The summed E-state index contributed by atoms with van der Waals surface area (Å²) in [5.74, 6) is -2.45. The fourth-order valence-electron chi connectivity index (χ4n) is 1.22. The molecule has 4 N–H and O–H groups in total. The van der Waals surface area contributed by atoms with E-state index in [0.29, 0.717) is 5.69 Å². The number of halogens is 1. The highest BCUT2D eigenvalue weighted by molar-refractivity contribution is 6.33. The van der Waals surface area contributed by atoms with Gasteiger partial charge in [0, 0.05) is 5.69 Å². The van der Waals surface area contributed by atoms with Crippen LogP contribution in [-0.2, 0) is 14.3 Å². The van der Waals surface area contributed by atoms with Crippen LogP contribution in [0.3, 0.4) is 0 Å². The number of carboxylic acids is 1. The maximum absolute atomic E-state index is 11.4. The molecule has 19 heavy (non-hydrogen) atoms. The van der Waals surface area contributed by atoms with Crippen LogP contribution in [0.25, 0.3) is 0 Å². The lowest BCUT2D eigenvalue weighted by molar-refractivity contribution is -0.143. The fourth-order valence-corrected chi connectivity index (χ4v) is 1.43. The molecule has 8 heteroatoms. The predicted molar refractivity (Wildman–Crippen MR) is 67.1 cm³/mol. The zero-order chi connectivity index (χ0) is 14.4. The van der Waals surface area contributed by atoms with E-state index in [2.05, 4.69) is 10.1 Å². The molecule has 0 aliphatic heterocycles. The van der Waals surface area contributed by atoms with Gasteiger partial charge < -0.3 is 20.9 Å². The third kappa shape index (κ3) is 4.94. The van der Waals surface area contributed by atoms with Gasteiger partial charge in [-0.25, -0.2) is 4.79 Å². The molecule has 0 atom stereocenters. The molecule has 1 aromatic carbocycles. The first-order valence-electron chi connectivity index (χ1n) is 5.09. The molecule has 102 valence electrons. The number of aliphatic carboxylic acids is 1. The highest BCUT2D eigenvalue weighted by atomic mass is 35.5. The topological polar surface area (TPSA) is 119 Å². The first kappa shape index (κ1) is 14.9. The van der Waals surface area contributed by atoms with Crippen LogP contribution < -0.4 is 11.1 Å². The summed E-state index contributed by atoms with van der Waals surface area (Å²) in [5.41, 5.74) is 5.48. The lowest BCUT2D eigenvalue weighted by Gasteiger charge is -2.07. The number of carboxylic acid groups (broad SMARTS) is 1. The number of amides is 2. The normalized spacial score (nSPS) is 9.95. The van der Waals surface area contributed by atoms with Gasteiger partial charge in [-0.2, -0.15) is 0 Å². The maximum Gasteiger partial charge on any atom is 0.329 e. The Bertz CT molecular complexity index is 518. The van der Waals surface area contributed by atoms with E-state index in [1.165, 1.54) is 18.2 Å². The molecule has 0 radical (unpaired) electrons. The van der Waals surface area contributed by atoms with Crippen LogP contribution in [-0.4, -0.2) is 36.1 Å². The lowest BCUT2D eigenvalue weighted by atomic mass is 10.2. The van der Waals surface area contributed by atoms with E-state index in [0.717, 1.165) is 0 Å². The first-order valence-corrected chi connectivity index (χ1v) is 5.46. The summed E-state index contributed by atoms with van der Waals surface area (Å²) in [7, 11) is 0. The Morgan fingerprint density at radius 3 is 2.58 bits per heavy atom. The summed E-state index contributed by atoms with van der Waals surface area (Å²) in [6, 6.07) is 4.21. The van der Waals surface area contributed by atoms with Gasteiger partial charge in [0.1, 0.15) is 13.2 Å². The zero-order valence-corrected chi connectivity index (χ0v) is 10.4. The molecule has 0 saturated heterocycles. The van der Waals surface area contributed by atoms with Crippen molar-refractivity contribution < 1.29 is 24.2 Å². The molecule has 0 fully saturated rings. The van der Waals surface area contributed by atoms with E-state index >= 15 is 0 Å². The molecule has 0 aliphatic rings. The third-order valence-corrected chi connectivity index (χ3v) is 2.30. The van der Waals surface area contributed by atoms with Crippen molar-refractivity contribution in [3.8, 4) is 0 Å². The number of hydrogen-bond acceptors (Lipinski definition) is 4. The van der Waals surface area contributed by atoms with E-state index in [-0.39, 0.29) is 10.6 Å². The Balaban J connectivity index is 2.62. The number of carbonyl (C=O) groups excluding carboxylic acids is 2. The molecule has 0 bridgehead atoms. The smallest absolute Gasteiger partial charge is 0.329 e. The predicted octanol–water partition coefficient (Wildman–Crippen LogP) is 0.479. The largest absolute Gasteiger partial charge is 0.480 e. The van der Waals surface area contributed by atoms with Crippen molar-refractivity contribution in [3.05, 3.63) is 28.8 Å². The van der Waals surface area contributed by atoms with Gasteiger partial charge in [0.15, 0.2) is 0 Å². The summed E-state index contributed by atoms with van der Waals surface area (Å²) >= 11 is 5.74. The molecule has 2 amide bonds. The second-order valence-corrected chi connectivity index (χ2v) is 3.90. The van der Waals surface area contributed by atoms with Gasteiger partial charge >= 0.3 is 5.97 Å². The molecule has 0 saturated carbocycles. The van der Waals surface area contributed by atoms with Crippen molar-refractivity contribution in [2.45, 2.75) is 0 Å². The maximum atomic E-state index is 11.4. The van der Waals surface area contributed by atoms with Crippen LogP contribution in [0.4, 0.5) is 5.69 Å². The minimum Gasteiger partial charge on any atom is -0.480 e. The van der Waals surface area contributed by atoms with Crippen molar-refractivity contribution >= 4 is 35.1 Å². The Morgan fingerprint density at radius 2 is 2.00 bits per heavy atom. The summed E-state index contributed by atoms with van der Waals surface area (Å²) < 4.78 is 4.60. The molecular formula is C11H11ClN2O5. The van der Waals surface area contributed by atoms with E-state index in [4.69, 9.17) is 22.4 Å². The number of hydrogen-bond donors (Lipinski definition) is 3. The first-order chi connectivity index (χ1) is 8.90. The van der Waals surface area contributed by atoms with Crippen LogP contribution in [0, 0.1) is 0 Å². The molecule has 0 spiro atoms. The molecule has 7 nitrogen and oxygen atoms in total. The Kier molecular flexibility index (Phi) is 5.28. The second kappa shape index (κ2) is 6.72. The number of primary amides is 1. The van der Waals surface area contributed by atoms with Gasteiger partial charge in [-0.05, 0) is 18.2 Å². The molecule has 0 aliphatic carbocycles. The Morgan fingerprint density at radius 1 is 1.32 bits per heavy atom. The molecule has 0 aromatic heterocycles. The molecular weight excluding hydrogens is 276 g/mol. The van der Waals surface area contributed by atoms with E-state index < -0.39 is 31.0 Å². The highest BCUT2D eigenvalue weighted by Crippen LogP contribution is 2.20. The van der Waals surface area contributed by atoms with Crippen LogP contribution >= 0.6 is 11.6 Å². The standard InChI is InChI=1S/C11H11ClN2O5/c12-8-2-1-6(3-7(8)11(13)18)14-9(15)4-19-5-10(16)17/h1-3H,4-5H2,(H2,13,18)(H,14,15)(H,16,17). The van der Waals surface area contributed by atoms with E-state index in [1.807, 2.05) is 0 Å². The monoisotopic (exact) mass is 286 g/mol. The molecule has 0 unspecified atom stereocenters. The average molecular weight is 287 g/mol. The number of benzene rings is 1. The number of nitrogens with two attached hydrogens (primary N) is 1. The number of ether oxygens (including phenoxy) is 1. The summed E-state index contributed by atoms with van der Waals surface area (Å²) in [6.07, 6.45) is 0. The van der Waals surface area contributed by atoms with Crippen molar-refractivity contribution in [1.82, 2.24) is 0 Å². The van der Waals surface area contributed by atoms with Gasteiger partial charge in [-0.15, -0.1) is 0 Å². The van der Waals surface area contributed by atoms with Gasteiger partial charge in [0.25, 0.3) is 0 Å². The summed E-state index contributed by atoms with van der Waals surface area (Å²) in [6.45, 7) is -0.985. The zero-order valence-electron chi connectivity index (χ0n) is 9.68. The van der Waals surface area contributed by atoms with Crippen molar-refractivity contribution in [2.24, 2.45) is 5.73 Å². The van der Waals surface area contributed by atoms with Gasteiger partial charge in [-0.3, -0.25) is 9.59 Å². The van der Waals surface area contributed by atoms with E-state index in [1.54, 1.807) is 0 Å². The van der Waals surface area contributed by atoms with Gasteiger partial charge in [-0.1, -0.05) is 11.6 Å². The molecule has 0 heterocycles. The van der Waals surface area contributed by atoms with Crippen molar-refractivity contribution in [2.75, 3.05) is 18.5 Å². The quantitative estimate of drug-likeness (QED) is 0.703.